The summed E-state index contributed by atoms with van der Waals surface area (Å²) in [4.78, 5) is 26.8. The zero-order valence-electron chi connectivity index (χ0n) is 20.0. The van der Waals surface area contributed by atoms with Gasteiger partial charge in [-0.15, -0.1) is 0 Å². The summed E-state index contributed by atoms with van der Waals surface area (Å²) >= 11 is 0. The largest absolute Gasteiger partial charge is 0.480 e. The van der Waals surface area contributed by atoms with Crippen molar-refractivity contribution in [2.75, 3.05) is 0 Å². The fraction of sp³-hybridized carbons (Fsp3) is 0.500. The average Bonchev–Trinajstić information content (AvgIpc) is 2.66. The molecule has 0 unspecified atom stereocenters. The van der Waals surface area contributed by atoms with E-state index in [1.165, 1.54) is 42.9 Å². The lowest BCUT2D eigenvalue weighted by Gasteiger charge is -2.32. The van der Waals surface area contributed by atoms with E-state index in [0.29, 0.717) is 0 Å². The van der Waals surface area contributed by atoms with E-state index in [-0.39, 0.29) is 5.41 Å². The number of nitrogens with one attached hydrogen (secondary N) is 1. The number of hydrogen-bond acceptors (Lipinski definition) is 3. The molecule has 0 heterocycles. The third-order valence-corrected chi connectivity index (χ3v) is 5.53. The molecule has 0 saturated carbocycles. The molecule has 2 atom stereocenters. The number of rotatable bonds is 9. The first-order chi connectivity index (χ1) is 14.4. The number of carboxylic acid groups (broad SMARTS) is 1. The number of amides is 1. The maximum absolute atomic E-state index is 11.9. The maximum Gasteiger partial charge on any atom is 0.325 e. The molecule has 31 heavy (non-hydrogen) atoms. The normalized spacial score (nSPS) is 20.0. The lowest BCUT2D eigenvalue weighted by molar-refractivity contribution is -0.141. The van der Waals surface area contributed by atoms with Gasteiger partial charge in [-0.25, -0.2) is 0 Å². The molecule has 1 amide bonds. The predicted octanol–water partition coefficient (Wildman–Crippen LogP) is 5.57. The van der Waals surface area contributed by atoms with Crippen molar-refractivity contribution in [3.8, 4) is 0 Å². The molecular weight excluding hydrogens is 388 g/mol. The van der Waals surface area contributed by atoms with Gasteiger partial charge in [0.1, 0.15) is 12.1 Å². The second-order valence-electron chi connectivity index (χ2n) is 8.99. The van der Waals surface area contributed by atoms with E-state index in [1.807, 2.05) is 25.2 Å². The van der Waals surface area contributed by atoms with Crippen LogP contribution < -0.4 is 5.32 Å². The van der Waals surface area contributed by atoms with Gasteiger partial charge in [0.05, 0.1) is 0 Å². The quantitative estimate of drug-likeness (QED) is 0.374. The summed E-state index contributed by atoms with van der Waals surface area (Å²) in [5.74, 6) is -1.48. The number of carboxylic acids is 1. The van der Waals surface area contributed by atoms with Crippen molar-refractivity contribution in [1.29, 1.82) is 0 Å². The average molecular weight is 427 g/mol. The highest BCUT2D eigenvalue weighted by Crippen LogP contribution is 2.40. The third-order valence-electron chi connectivity index (χ3n) is 5.53. The molecule has 5 heteroatoms. The molecule has 0 fully saturated rings. The minimum Gasteiger partial charge on any atom is -0.480 e. The van der Waals surface area contributed by atoms with Crippen LogP contribution in [0.5, 0.6) is 0 Å². The van der Waals surface area contributed by atoms with Crippen molar-refractivity contribution < 1.29 is 14.7 Å². The second kappa shape index (κ2) is 12.2. The molecule has 0 radical (unpaired) electrons. The minimum atomic E-state index is -1.07. The minimum absolute atomic E-state index is 0.243. The van der Waals surface area contributed by atoms with Crippen LogP contribution in [-0.4, -0.2) is 35.3 Å². The van der Waals surface area contributed by atoms with Crippen molar-refractivity contribution in [2.24, 2.45) is 10.4 Å². The molecule has 2 N–H and O–H groups in total. The summed E-state index contributed by atoms with van der Waals surface area (Å²) in [6.45, 7) is 14.0. The van der Waals surface area contributed by atoms with Gasteiger partial charge >= 0.3 is 5.97 Å². The fourth-order valence-electron chi connectivity index (χ4n) is 3.44. The molecule has 0 spiro atoms. The second-order valence-corrected chi connectivity index (χ2v) is 8.99. The van der Waals surface area contributed by atoms with E-state index < -0.39 is 24.0 Å². The van der Waals surface area contributed by atoms with Crippen LogP contribution in [0.25, 0.3) is 0 Å². The highest BCUT2D eigenvalue weighted by Gasteiger charge is 2.26. The van der Waals surface area contributed by atoms with Gasteiger partial charge in [0.15, 0.2) is 0 Å². The molecule has 0 aromatic carbocycles. The zero-order chi connectivity index (χ0) is 23.6. The monoisotopic (exact) mass is 426 g/mol. The van der Waals surface area contributed by atoms with Crippen molar-refractivity contribution in [3.63, 3.8) is 0 Å². The Hall–Kier alpha value is -2.69. The predicted molar refractivity (Wildman–Crippen MR) is 129 cm³/mol. The number of allylic oxidation sites excluding steroid dienone is 10. The first-order valence-electron chi connectivity index (χ1n) is 10.9. The smallest absolute Gasteiger partial charge is 0.325 e. The Labute approximate surface area is 187 Å². The fourth-order valence-corrected chi connectivity index (χ4v) is 3.44. The highest BCUT2D eigenvalue weighted by atomic mass is 16.4. The zero-order valence-corrected chi connectivity index (χ0v) is 20.0. The molecule has 0 saturated heterocycles. The van der Waals surface area contributed by atoms with E-state index in [0.717, 1.165) is 5.57 Å². The molecule has 0 aliphatic heterocycles. The summed E-state index contributed by atoms with van der Waals surface area (Å²) in [6, 6.07) is -1.58. The molecule has 1 aliphatic carbocycles. The van der Waals surface area contributed by atoms with Gasteiger partial charge in [0, 0.05) is 6.21 Å². The Balaban J connectivity index is 2.65. The number of nitrogens with zero attached hydrogens (tertiary/aromatic N) is 1. The number of aliphatic imine (C=N–C) groups is 1. The highest BCUT2D eigenvalue weighted by molar-refractivity contribution is 5.88. The van der Waals surface area contributed by atoms with Crippen LogP contribution in [-0.2, 0) is 9.59 Å². The van der Waals surface area contributed by atoms with Gasteiger partial charge in [-0.3, -0.25) is 14.6 Å². The lowest BCUT2D eigenvalue weighted by Crippen LogP contribution is -2.42. The van der Waals surface area contributed by atoms with E-state index >= 15 is 0 Å². The first-order valence-corrected chi connectivity index (χ1v) is 10.9. The van der Waals surface area contributed by atoms with Crippen LogP contribution in [0.4, 0.5) is 0 Å². The standard InChI is InChI=1S/C26H38N2O3/c1-18(13-14-23-20(3)12-9-16-26(23,6)7)10-8-11-19(2)15-17-27-21(4)24(29)28-22(5)25(30)31/h8,10-11,13-15,17,21-22H,9,12,16H2,1-7H3,(H,28,29)(H,30,31)/b11-8+,14-13+,18-10+,19-15+,27-17+/t21-,22-/m0/s1. The van der Waals surface area contributed by atoms with Crippen molar-refractivity contribution in [2.45, 2.75) is 79.8 Å². The van der Waals surface area contributed by atoms with Gasteiger partial charge in [-0.1, -0.05) is 55.4 Å². The van der Waals surface area contributed by atoms with Crippen LogP contribution in [0.1, 0.15) is 67.7 Å². The van der Waals surface area contributed by atoms with Crippen molar-refractivity contribution in [1.82, 2.24) is 5.32 Å². The van der Waals surface area contributed by atoms with Crippen molar-refractivity contribution >= 4 is 18.1 Å². The molecule has 0 aromatic rings. The number of hydrogen-bond donors (Lipinski definition) is 2. The van der Waals surface area contributed by atoms with E-state index in [9.17, 15) is 9.59 Å². The Morgan fingerprint density at radius 3 is 2.39 bits per heavy atom. The first kappa shape index (κ1) is 26.3. The van der Waals surface area contributed by atoms with Crippen LogP contribution in [0.15, 0.2) is 63.7 Å². The molecule has 5 nitrogen and oxygen atoms in total. The number of carbonyl (C=O) groups excluding carboxylic acids is 1. The van der Waals surface area contributed by atoms with Crippen LogP contribution in [0.3, 0.4) is 0 Å². The Morgan fingerprint density at radius 1 is 1.13 bits per heavy atom. The van der Waals surface area contributed by atoms with E-state index in [2.05, 4.69) is 56.2 Å². The summed E-state index contributed by atoms with van der Waals surface area (Å²) in [5, 5.41) is 11.2. The number of aliphatic carboxylic acids is 1. The van der Waals surface area contributed by atoms with Crippen LogP contribution in [0, 0.1) is 5.41 Å². The summed E-state index contributed by atoms with van der Waals surface area (Å²) < 4.78 is 0. The molecule has 170 valence electrons. The van der Waals surface area contributed by atoms with Gasteiger partial charge in [-0.2, -0.15) is 0 Å². The van der Waals surface area contributed by atoms with E-state index in [4.69, 9.17) is 5.11 Å². The SMILES string of the molecule is CC1=C(/C=C/C(C)=C/C=C/C(C)=C/C=N/[C@@H](C)C(=O)N[C@@H](C)C(=O)O)C(C)(C)CCC1. The Kier molecular flexibility index (Phi) is 10.4. The summed E-state index contributed by atoms with van der Waals surface area (Å²) in [5.41, 5.74) is 5.37. The van der Waals surface area contributed by atoms with Gasteiger partial charge in [0.25, 0.3) is 0 Å². The van der Waals surface area contributed by atoms with E-state index in [1.54, 1.807) is 13.1 Å². The van der Waals surface area contributed by atoms with Crippen LogP contribution >= 0.6 is 0 Å². The van der Waals surface area contributed by atoms with Gasteiger partial charge in [-0.05, 0) is 76.5 Å². The number of carbonyl (C=O) groups is 2. The Morgan fingerprint density at radius 2 is 1.77 bits per heavy atom. The lowest BCUT2D eigenvalue weighted by atomic mass is 9.72. The maximum atomic E-state index is 11.9. The van der Waals surface area contributed by atoms with Crippen LogP contribution in [0.2, 0.25) is 0 Å². The summed E-state index contributed by atoms with van der Waals surface area (Å²) in [6.07, 6.45) is 17.6. The molecule has 1 rings (SSSR count). The Bertz CT molecular complexity index is 839. The topological polar surface area (TPSA) is 78.8 Å². The van der Waals surface area contributed by atoms with Gasteiger partial charge in [0.2, 0.25) is 5.91 Å². The molecular formula is C26H38N2O3. The van der Waals surface area contributed by atoms with Crippen molar-refractivity contribution in [3.05, 3.63) is 58.7 Å². The van der Waals surface area contributed by atoms with Gasteiger partial charge < -0.3 is 10.4 Å². The molecule has 1 aliphatic rings. The third kappa shape index (κ3) is 9.33. The summed E-state index contributed by atoms with van der Waals surface area (Å²) in [7, 11) is 0. The molecule has 0 aromatic heterocycles. The molecule has 0 bridgehead atoms.